The van der Waals surface area contributed by atoms with Crippen LogP contribution in [-0.2, 0) is 11.0 Å². The van der Waals surface area contributed by atoms with Crippen molar-refractivity contribution in [2.24, 2.45) is 17.6 Å². The number of aryl methyl sites for hydroxylation is 1. The van der Waals surface area contributed by atoms with Crippen molar-refractivity contribution >= 4 is 23.4 Å². The monoisotopic (exact) mass is 480 g/mol. The summed E-state index contributed by atoms with van der Waals surface area (Å²) in [4.78, 5) is 32.0. The Balaban J connectivity index is 1.49. The van der Waals surface area contributed by atoms with Gasteiger partial charge in [-0.05, 0) is 42.0 Å². The molecular weight excluding hydrogens is 457 g/mol. The van der Waals surface area contributed by atoms with Gasteiger partial charge in [0.05, 0.1) is 11.1 Å². The molecule has 0 bridgehead atoms. The fraction of sp³-hybridized carbons (Fsp3) is 0.435. The number of pyridine rings is 1. The number of aromatic nitrogens is 1. The normalized spacial score (nSPS) is 21.8. The summed E-state index contributed by atoms with van der Waals surface area (Å²) in [7, 11) is 0. The molecule has 2 fully saturated rings. The molecule has 3 atom stereocenters. The van der Waals surface area contributed by atoms with Gasteiger partial charge in [-0.25, -0.2) is 0 Å². The molecule has 2 amide bonds. The zero-order valence-corrected chi connectivity index (χ0v) is 18.7. The third-order valence-electron chi connectivity index (χ3n) is 6.57. The van der Waals surface area contributed by atoms with E-state index in [9.17, 15) is 22.8 Å². The summed E-state index contributed by atoms with van der Waals surface area (Å²) in [6.45, 7) is 3.82. The molecule has 2 aromatic rings. The minimum atomic E-state index is -4.63. The van der Waals surface area contributed by atoms with Crippen molar-refractivity contribution in [2.75, 3.05) is 26.2 Å². The maximum Gasteiger partial charge on any atom is 0.417 e. The van der Waals surface area contributed by atoms with E-state index in [0.29, 0.717) is 31.2 Å². The van der Waals surface area contributed by atoms with Crippen LogP contribution < -0.4 is 5.73 Å². The average Bonchev–Trinajstić information content (AvgIpc) is 3.32. The number of nitrogens with zero attached hydrogens (tertiary/aromatic N) is 3. The number of primary amides is 1. The van der Waals surface area contributed by atoms with Crippen LogP contribution >= 0.6 is 11.6 Å². The highest BCUT2D eigenvalue weighted by molar-refractivity contribution is 6.31. The van der Waals surface area contributed by atoms with E-state index in [4.69, 9.17) is 17.3 Å². The maximum absolute atomic E-state index is 13.3. The number of fused-ring (bicyclic) bond motifs is 1. The van der Waals surface area contributed by atoms with E-state index < -0.39 is 29.1 Å². The number of benzene rings is 1. The summed E-state index contributed by atoms with van der Waals surface area (Å²) in [6.07, 6.45) is -2.48. The van der Waals surface area contributed by atoms with E-state index in [1.165, 1.54) is 4.90 Å². The van der Waals surface area contributed by atoms with E-state index in [0.717, 1.165) is 29.6 Å². The van der Waals surface area contributed by atoms with Crippen LogP contribution in [0.15, 0.2) is 36.7 Å². The van der Waals surface area contributed by atoms with Gasteiger partial charge in [-0.2, -0.15) is 13.2 Å². The molecule has 2 aliphatic heterocycles. The molecule has 3 heterocycles. The van der Waals surface area contributed by atoms with Crippen LogP contribution in [-0.4, -0.2) is 52.8 Å². The summed E-state index contributed by atoms with van der Waals surface area (Å²) in [5.74, 6) is -0.898. The molecule has 2 aliphatic rings. The minimum Gasteiger partial charge on any atom is -0.370 e. The first-order valence-corrected chi connectivity index (χ1v) is 11.0. The topological polar surface area (TPSA) is 79.5 Å². The molecule has 0 saturated carbocycles. The zero-order valence-electron chi connectivity index (χ0n) is 18.0. The van der Waals surface area contributed by atoms with Crippen LogP contribution in [0.1, 0.15) is 39.5 Å². The van der Waals surface area contributed by atoms with Crippen LogP contribution in [0.4, 0.5) is 13.2 Å². The lowest BCUT2D eigenvalue weighted by atomic mass is 10.0. The lowest BCUT2D eigenvalue weighted by Crippen LogP contribution is -2.36. The number of carbonyl (C=O) groups excluding carboxylic acids is 2. The van der Waals surface area contributed by atoms with Crippen LogP contribution in [0.5, 0.6) is 0 Å². The molecule has 4 rings (SSSR count). The zero-order chi connectivity index (χ0) is 23.9. The second-order valence-electron chi connectivity index (χ2n) is 8.80. The molecule has 3 unspecified atom stereocenters. The van der Waals surface area contributed by atoms with E-state index in [1.807, 2.05) is 25.1 Å². The van der Waals surface area contributed by atoms with Crippen LogP contribution in [0.25, 0.3) is 0 Å². The predicted octanol–water partition coefficient (Wildman–Crippen LogP) is 3.68. The van der Waals surface area contributed by atoms with E-state index in [-0.39, 0.29) is 24.3 Å². The Morgan fingerprint density at radius 3 is 2.42 bits per heavy atom. The van der Waals surface area contributed by atoms with Gasteiger partial charge < -0.3 is 10.6 Å². The van der Waals surface area contributed by atoms with Crippen molar-refractivity contribution in [1.82, 2.24) is 14.8 Å². The quantitative estimate of drug-likeness (QED) is 0.708. The first kappa shape index (κ1) is 23.5. The van der Waals surface area contributed by atoms with E-state index in [1.54, 1.807) is 0 Å². The largest absolute Gasteiger partial charge is 0.417 e. The highest BCUT2D eigenvalue weighted by Gasteiger charge is 2.45. The molecule has 176 valence electrons. The SMILES string of the molecule is Cc1ccc(C(CC(N)=O)N2CC3CN(C(=O)c4cnccc4C(F)(F)F)CC3C2)cc1Cl. The van der Waals surface area contributed by atoms with Crippen molar-refractivity contribution in [3.63, 3.8) is 0 Å². The van der Waals surface area contributed by atoms with Crippen molar-refractivity contribution in [3.8, 4) is 0 Å². The summed E-state index contributed by atoms with van der Waals surface area (Å²) < 4.78 is 40.0. The fourth-order valence-electron chi connectivity index (χ4n) is 4.90. The Bertz CT molecular complexity index is 1060. The number of alkyl halides is 3. The lowest BCUT2D eigenvalue weighted by Gasteiger charge is -2.29. The molecule has 6 nitrogen and oxygen atoms in total. The van der Waals surface area contributed by atoms with Gasteiger partial charge in [0.2, 0.25) is 5.91 Å². The Morgan fingerprint density at radius 2 is 1.85 bits per heavy atom. The number of likely N-dealkylation sites (tertiary alicyclic amines) is 2. The molecule has 0 spiro atoms. The predicted molar refractivity (Wildman–Crippen MR) is 116 cm³/mol. The van der Waals surface area contributed by atoms with Gasteiger partial charge in [0.1, 0.15) is 0 Å². The Kier molecular flexibility index (Phi) is 6.37. The Hall–Kier alpha value is -2.65. The van der Waals surface area contributed by atoms with E-state index in [2.05, 4.69) is 9.88 Å². The van der Waals surface area contributed by atoms with Gasteiger partial charge in [0, 0.05) is 56.1 Å². The lowest BCUT2D eigenvalue weighted by molar-refractivity contribution is -0.138. The average molecular weight is 481 g/mol. The number of hydrogen-bond acceptors (Lipinski definition) is 4. The summed E-state index contributed by atoms with van der Waals surface area (Å²) in [6, 6.07) is 6.25. The molecule has 33 heavy (non-hydrogen) atoms. The van der Waals surface area contributed by atoms with Crippen molar-refractivity contribution < 1.29 is 22.8 Å². The first-order valence-electron chi connectivity index (χ1n) is 10.6. The van der Waals surface area contributed by atoms with Crippen molar-refractivity contribution in [1.29, 1.82) is 0 Å². The summed E-state index contributed by atoms with van der Waals surface area (Å²) >= 11 is 6.29. The third-order valence-corrected chi connectivity index (χ3v) is 6.98. The molecule has 0 radical (unpaired) electrons. The summed E-state index contributed by atoms with van der Waals surface area (Å²) in [5.41, 5.74) is 5.93. The molecule has 1 aromatic heterocycles. The van der Waals surface area contributed by atoms with Gasteiger partial charge in [-0.1, -0.05) is 23.7 Å². The van der Waals surface area contributed by atoms with Gasteiger partial charge in [-0.3, -0.25) is 19.5 Å². The standard InChI is InChI=1S/C23H24ClF3N4O2/c1-13-2-3-14(6-19(13)24)20(7-21(28)32)30-9-15-11-31(12-16(15)10-30)22(33)17-8-29-5-4-18(17)23(25,26)27/h2-6,8,15-16,20H,7,9-12H2,1H3,(H2,28,32). The highest BCUT2D eigenvalue weighted by Crippen LogP contribution is 2.39. The molecule has 2 saturated heterocycles. The van der Waals surface area contributed by atoms with Gasteiger partial charge >= 0.3 is 6.18 Å². The Labute approximate surface area is 194 Å². The van der Waals surface area contributed by atoms with Crippen LogP contribution in [0, 0.1) is 18.8 Å². The molecule has 1 aromatic carbocycles. The van der Waals surface area contributed by atoms with Gasteiger partial charge in [-0.15, -0.1) is 0 Å². The molecule has 10 heteroatoms. The van der Waals surface area contributed by atoms with Crippen molar-refractivity contribution in [3.05, 3.63) is 63.9 Å². The first-order chi connectivity index (χ1) is 15.5. The second-order valence-corrected chi connectivity index (χ2v) is 9.21. The molecule has 0 aliphatic carbocycles. The number of carbonyl (C=O) groups is 2. The second kappa shape index (κ2) is 8.95. The molecular formula is C23H24ClF3N4O2. The third kappa shape index (κ3) is 4.84. The molecule has 2 N–H and O–H groups in total. The number of amides is 2. The maximum atomic E-state index is 13.3. The highest BCUT2D eigenvalue weighted by atomic mass is 35.5. The Morgan fingerprint density at radius 1 is 1.18 bits per heavy atom. The van der Waals surface area contributed by atoms with Crippen LogP contribution in [0.2, 0.25) is 5.02 Å². The summed E-state index contributed by atoms with van der Waals surface area (Å²) in [5, 5.41) is 0.607. The number of halogens is 4. The number of hydrogen-bond donors (Lipinski definition) is 1. The van der Waals surface area contributed by atoms with Crippen LogP contribution in [0.3, 0.4) is 0 Å². The van der Waals surface area contributed by atoms with Gasteiger partial charge in [0.25, 0.3) is 5.91 Å². The fourth-order valence-corrected chi connectivity index (χ4v) is 5.09. The number of rotatable bonds is 5. The van der Waals surface area contributed by atoms with Gasteiger partial charge in [0.15, 0.2) is 0 Å². The minimum absolute atomic E-state index is 0.0938. The van der Waals surface area contributed by atoms with E-state index >= 15 is 0 Å². The van der Waals surface area contributed by atoms with Crippen molar-refractivity contribution in [2.45, 2.75) is 25.6 Å². The number of nitrogens with two attached hydrogens (primary N) is 1. The smallest absolute Gasteiger partial charge is 0.370 e.